The maximum atomic E-state index is 5.89. The molecule has 2 fully saturated rings. The van der Waals surface area contributed by atoms with Crippen molar-refractivity contribution in [3.05, 3.63) is 54.1 Å². The highest BCUT2D eigenvalue weighted by molar-refractivity contribution is 7.80. The van der Waals surface area contributed by atoms with Crippen molar-refractivity contribution in [2.45, 2.75) is 37.6 Å². The Labute approximate surface area is 172 Å². The third kappa shape index (κ3) is 4.06. The molecule has 2 aliphatic heterocycles. The summed E-state index contributed by atoms with van der Waals surface area (Å²) >= 11 is 5.74. The van der Waals surface area contributed by atoms with Crippen LogP contribution in [0.15, 0.2) is 42.7 Å². The van der Waals surface area contributed by atoms with Crippen LogP contribution in [-0.2, 0) is 11.3 Å². The van der Waals surface area contributed by atoms with Crippen LogP contribution >= 0.6 is 12.2 Å². The molecule has 0 saturated carbocycles. The normalized spacial score (nSPS) is 24.9. The van der Waals surface area contributed by atoms with Crippen molar-refractivity contribution < 1.29 is 4.74 Å². The van der Waals surface area contributed by atoms with Crippen LogP contribution in [0.5, 0.6) is 0 Å². The van der Waals surface area contributed by atoms with Gasteiger partial charge in [0.15, 0.2) is 5.11 Å². The molecule has 6 nitrogen and oxygen atoms in total. The van der Waals surface area contributed by atoms with E-state index in [2.05, 4.69) is 63.2 Å². The lowest BCUT2D eigenvalue weighted by molar-refractivity contribution is 0.0953. The van der Waals surface area contributed by atoms with E-state index >= 15 is 0 Å². The minimum atomic E-state index is 0.0361. The van der Waals surface area contributed by atoms with Gasteiger partial charge in [-0.3, -0.25) is 4.98 Å². The van der Waals surface area contributed by atoms with Crippen LogP contribution in [0.1, 0.15) is 36.3 Å². The molecule has 7 heteroatoms. The van der Waals surface area contributed by atoms with Gasteiger partial charge in [0.25, 0.3) is 0 Å². The largest absolute Gasteiger partial charge is 0.376 e. The third-order valence-electron chi connectivity index (χ3n) is 5.58. The average Bonchev–Trinajstić information content (AvgIpc) is 3.42. The van der Waals surface area contributed by atoms with Gasteiger partial charge in [0.2, 0.25) is 0 Å². The Bertz CT molecular complexity index is 787. The molecule has 0 amide bonds. The molecule has 2 aliphatic rings. The second-order valence-corrected chi connectivity index (χ2v) is 8.23. The number of pyridine rings is 1. The Morgan fingerprint density at radius 1 is 1.29 bits per heavy atom. The van der Waals surface area contributed by atoms with Gasteiger partial charge in [-0.15, -0.1) is 0 Å². The molecule has 150 valence electrons. The second kappa shape index (κ2) is 8.59. The third-order valence-corrected chi connectivity index (χ3v) is 5.93. The molecule has 28 heavy (non-hydrogen) atoms. The van der Waals surface area contributed by atoms with Gasteiger partial charge < -0.3 is 24.4 Å². The smallest absolute Gasteiger partial charge is 0.170 e. The molecule has 4 heterocycles. The van der Waals surface area contributed by atoms with Crippen molar-refractivity contribution in [3.8, 4) is 0 Å². The lowest BCUT2D eigenvalue weighted by Crippen LogP contribution is -2.36. The Morgan fingerprint density at radius 3 is 2.89 bits per heavy atom. The number of nitrogens with zero attached hydrogens (tertiary/aromatic N) is 4. The first-order chi connectivity index (χ1) is 13.6. The van der Waals surface area contributed by atoms with E-state index in [0.29, 0.717) is 6.10 Å². The lowest BCUT2D eigenvalue weighted by Gasteiger charge is -2.30. The van der Waals surface area contributed by atoms with E-state index in [9.17, 15) is 0 Å². The molecule has 0 radical (unpaired) electrons. The highest BCUT2D eigenvalue weighted by atomic mass is 32.1. The summed E-state index contributed by atoms with van der Waals surface area (Å²) in [5, 5.41) is 4.33. The zero-order chi connectivity index (χ0) is 19.5. The van der Waals surface area contributed by atoms with Crippen LogP contribution < -0.4 is 5.32 Å². The first kappa shape index (κ1) is 19.4. The molecule has 2 aromatic rings. The molecule has 4 rings (SSSR count). The minimum absolute atomic E-state index is 0.0361. The standard InChI is InChI=1S/C21H29N5OS/c1-24(2)12-13-26-20(19(23-21(26)28)17-8-3-4-10-22-17)18-9-5-11-25(18)15-16-7-6-14-27-16/h3-5,8-11,16,19-20H,6-7,12-15H2,1-2H3,(H,23,28)/t16-,19-,20+/m1/s1. The highest BCUT2D eigenvalue weighted by Gasteiger charge is 2.41. The summed E-state index contributed by atoms with van der Waals surface area (Å²) in [6.45, 7) is 3.58. The fourth-order valence-electron chi connectivity index (χ4n) is 4.15. The van der Waals surface area contributed by atoms with E-state index in [0.717, 1.165) is 49.9 Å². The van der Waals surface area contributed by atoms with Crippen LogP contribution in [0.2, 0.25) is 0 Å². The van der Waals surface area contributed by atoms with Crippen molar-refractivity contribution in [2.24, 2.45) is 0 Å². The van der Waals surface area contributed by atoms with Gasteiger partial charge in [-0.25, -0.2) is 0 Å². The lowest BCUT2D eigenvalue weighted by atomic mass is 10.0. The number of aromatic nitrogens is 2. The number of ether oxygens (including phenoxy) is 1. The molecule has 1 N–H and O–H groups in total. The molecule has 3 atom stereocenters. The Hall–Kier alpha value is -1.96. The van der Waals surface area contributed by atoms with Gasteiger partial charge in [-0.1, -0.05) is 6.07 Å². The Morgan fingerprint density at radius 2 is 2.18 bits per heavy atom. The average molecular weight is 400 g/mol. The summed E-state index contributed by atoms with van der Waals surface area (Å²) in [6.07, 6.45) is 6.61. The van der Waals surface area contributed by atoms with Crippen LogP contribution in [0.4, 0.5) is 0 Å². The summed E-state index contributed by atoms with van der Waals surface area (Å²) in [5.74, 6) is 0. The van der Waals surface area contributed by atoms with Crippen molar-refractivity contribution in [1.29, 1.82) is 0 Å². The van der Waals surface area contributed by atoms with E-state index in [1.165, 1.54) is 5.69 Å². The number of hydrogen-bond acceptors (Lipinski definition) is 4. The zero-order valence-electron chi connectivity index (χ0n) is 16.6. The number of rotatable bonds is 7. The molecule has 0 aromatic carbocycles. The molecular formula is C21H29N5OS. The first-order valence-corrected chi connectivity index (χ1v) is 10.4. The first-order valence-electron chi connectivity index (χ1n) is 10.0. The zero-order valence-corrected chi connectivity index (χ0v) is 17.4. The van der Waals surface area contributed by atoms with Crippen LogP contribution in [0.3, 0.4) is 0 Å². The van der Waals surface area contributed by atoms with Crippen molar-refractivity contribution >= 4 is 17.3 Å². The van der Waals surface area contributed by atoms with Gasteiger partial charge in [0, 0.05) is 44.3 Å². The maximum absolute atomic E-state index is 5.89. The van der Waals surface area contributed by atoms with E-state index in [1.807, 2.05) is 18.3 Å². The van der Waals surface area contributed by atoms with Crippen molar-refractivity contribution in [1.82, 2.24) is 24.7 Å². The topological polar surface area (TPSA) is 45.6 Å². The fourth-order valence-corrected chi connectivity index (χ4v) is 4.48. The number of nitrogens with one attached hydrogen (secondary N) is 1. The highest BCUT2D eigenvalue weighted by Crippen LogP contribution is 2.38. The summed E-state index contributed by atoms with van der Waals surface area (Å²) in [5.41, 5.74) is 2.28. The van der Waals surface area contributed by atoms with Crippen molar-refractivity contribution in [3.63, 3.8) is 0 Å². The van der Waals surface area contributed by atoms with E-state index in [1.54, 1.807) is 0 Å². The number of likely N-dealkylation sites (N-methyl/N-ethyl adjacent to an activating group) is 1. The predicted molar refractivity (Wildman–Crippen MR) is 114 cm³/mol. The Kier molecular flexibility index (Phi) is 5.94. The SMILES string of the molecule is CN(C)CCN1C(=S)N[C@H](c2ccccn2)[C@@H]1c1cccn1C[C@H]1CCCO1. The Balaban J connectivity index is 1.66. The van der Waals surface area contributed by atoms with E-state index in [4.69, 9.17) is 17.0 Å². The maximum Gasteiger partial charge on any atom is 0.170 e. The van der Waals surface area contributed by atoms with E-state index in [-0.39, 0.29) is 12.1 Å². The predicted octanol–water partition coefficient (Wildman–Crippen LogP) is 2.60. The quantitative estimate of drug-likeness (QED) is 0.722. The van der Waals surface area contributed by atoms with Gasteiger partial charge >= 0.3 is 0 Å². The minimum Gasteiger partial charge on any atom is -0.376 e. The van der Waals surface area contributed by atoms with Gasteiger partial charge in [-0.2, -0.15) is 0 Å². The number of hydrogen-bond donors (Lipinski definition) is 1. The molecule has 0 aliphatic carbocycles. The molecule has 2 aromatic heterocycles. The van der Waals surface area contributed by atoms with Crippen LogP contribution in [0.25, 0.3) is 0 Å². The molecule has 0 spiro atoms. The molecule has 0 bridgehead atoms. The summed E-state index contributed by atoms with van der Waals surface area (Å²) in [6, 6.07) is 10.6. The summed E-state index contributed by atoms with van der Waals surface area (Å²) in [4.78, 5) is 9.13. The monoisotopic (exact) mass is 399 g/mol. The second-order valence-electron chi connectivity index (χ2n) is 7.84. The molecular weight excluding hydrogens is 370 g/mol. The fraction of sp³-hybridized carbons (Fsp3) is 0.524. The van der Waals surface area contributed by atoms with Gasteiger partial charge in [0.1, 0.15) is 0 Å². The molecule has 2 saturated heterocycles. The van der Waals surface area contributed by atoms with Crippen LogP contribution in [-0.4, -0.2) is 64.4 Å². The summed E-state index contributed by atoms with van der Waals surface area (Å²) in [7, 11) is 4.19. The van der Waals surface area contributed by atoms with Gasteiger partial charge in [-0.05, 0) is 63.4 Å². The van der Waals surface area contributed by atoms with Crippen LogP contribution in [0, 0.1) is 0 Å². The van der Waals surface area contributed by atoms with E-state index < -0.39 is 0 Å². The van der Waals surface area contributed by atoms with Crippen molar-refractivity contribution in [2.75, 3.05) is 33.8 Å². The van der Waals surface area contributed by atoms with Gasteiger partial charge in [0.05, 0.1) is 23.9 Å². The number of thiocarbonyl (C=S) groups is 1. The summed E-state index contributed by atoms with van der Waals surface area (Å²) < 4.78 is 8.23. The molecule has 0 unspecified atom stereocenters.